The molecule has 0 radical (unpaired) electrons. The van der Waals surface area contributed by atoms with E-state index in [0.29, 0.717) is 6.42 Å². The zero-order chi connectivity index (χ0) is 13.5. The first-order chi connectivity index (χ1) is 8.56. The van der Waals surface area contributed by atoms with E-state index in [1.165, 1.54) is 4.90 Å². The zero-order valence-corrected chi connectivity index (χ0v) is 11.1. The van der Waals surface area contributed by atoms with Crippen LogP contribution in [-0.4, -0.2) is 37.4 Å². The molecule has 0 aliphatic carbocycles. The number of amides is 2. The fraction of sp³-hybridized carbons (Fsp3) is 0.429. The monoisotopic (exact) mass is 248 g/mol. The Balaban J connectivity index is 2.61. The molecule has 0 saturated heterocycles. The molecule has 0 heterocycles. The SMILES string of the molecule is CC[C@@H](C(=O)NCC(=O)N(C)C)c1ccccc1. The van der Waals surface area contributed by atoms with Gasteiger partial charge in [-0.25, -0.2) is 0 Å². The fourth-order valence-corrected chi connectivity index (χ4v) is 1.70. The number of nitrogens with one attached hydrogen (secondary N) is 1. The summed E-state index contributed by atoms with van der Waals surface area (Å²) in [5, 5.41) is 2.68. The Bertz CT molecular complexity index is 402. The van der Waals surface area contributed by atoms with Gasteiger partial charge in [-0.1, -0.05) is 37.3 Å². The van der Waals surface area contributed by atoms with Crippen LogP contribution in [0.3, 0.4) is 0 Å². The third kappa shape index (κ3) is 3.87. The van der Waals surface area contributed by atoms with Gasteiger partial charge in [-0.05, 0) is 12.0 Å². The molecule has 0 fully saturated rings. The lowest BCUT2D eigenvalue weighted by Crippen LogP contribution is -2.38. The number of carbonyl (C=O) groups excluding carboxylic acids is 2. The minimum absolute atomic E-state index is 0.0508. The highest BCUT2D eigenvalue weighted by Crippen LogP contribution is 2.18. The average molecular weight is 248 g/mol. The van der Waals surface area contributed by atoms with Gasteiger partial charge in [-0.15, -0.1) is 0 Å². The molecule has 1 atom stereocenters. The average Bonchev–Trinajstić information content (AvgIpc) is 2.38. The number of rotatable bonds is 5. The molecule has 1 rings (SSSR count). The Morgan fingerprint density at radius 2 is 1.83 bits per heavy atom. The molecule has 0 spiro atoms. The van der Waals surface area contributed by atoms with Crippen molar-refractivity contribution in [3.63, 3.8) is 0 Å². The van der Waals surface area contributed by atoms with Crippen LogP contribution in [0.2, 0.25) is 0 Å². The minimum atomic E-state index is -0.193. The van der Waals surface area contributed by atoms with Crippen LogP contribution in [0.25, 0.3) is 0 Å². The van der Waals surface area contributed by atoms with Gasteiger partial charge >= 0.3 is 0 Å². The number of hydrogen-bond acceptors (Lipinski definition) is 2. The molecule has 0 aromatic heterocycles. The summed E-state index contributed by atoms with van der Waals surface area (Å²) in [4.78, 5) is 24.9. The summed E-state index contributed by atoms with van der Waals surface area (Å²) >= 11 is 0. The van der Waals surface area contributed by atoms with Gasteiger partial charge < -0.3 is 10.2 Å². The van der Waals surface area contributed by atoms with Gasteiger partial charge in [0.1, 0.15) is 0 Å². The molecule has 1 aromatic carbocycles. The van der Waals surface area contributed by atoms with Crippen molar-refractivity contribution in [2.45, 2.75) is 19.3 Å². The van der Waals surface area contributed by atoms with Crippen molar-refractivity contribution in [2.75, 3.05) is 20.6 Å². The molecular weight excluding hydrogens is 228 g/mol. The topological polar surface area (TPSA) is 49.4 Å². The van der Waals surface area contributed by atoms with E-state index in [4.69, 9.17) is 0 Å². The number of nitrogens with zero attached hydrogens (tertiary/aromatic N) is 1. The molecule has 0 saturated carbocycles. The largest absolute Gasteiger partial charge is 0.347 e. The van der Waals surface area contributed by atoms with Crippen molar-refractivity contribution in [1.82, 2.24) is 10.2 Å². The molecule has 2 amide bonds. The van der Waals surface area contributed by atoms with Gasteiger partial charge in [0.15, 0.2) is 0 Å². The summed E-state index contributed by atoms with van der Waals surface area (Å²) in [7, 11) is 3.34. The third-order valence-electron chi connectivity index (χ3n) is 2.84. The summed E-state index contributed by atoms with van der Waals surface area (Å²) < 4.78 is 0. The maximum Gasteiger partial charge on any atom is 0.241 e. The lowest BCUT2D eigenvalue weighted by molar-refractivity contribution is -0.131. The summed E-state index contributed by atoms with van der Waals surface area (Å²) in [5.74, 6) is -0.397. The Hall–Kier alpha value is -1.84. The smallest absolute Gasteiger partial charge is 0.241 e. The van der Waals surface area contributed by atoms with Crippen molar-refractivity contribution in [3.8, 4) is 0 Å². The Kier molecular flexibility index (Phi) is 5.36. The summed E-state index contributed by atoms with van der Waals surface area (Å²) in [5.41, 5.74) is 0.981. The highest BCUT2D eigenvalue weighted by Gasteiger charge is 2.18. The first-order valence-corrected chi connectivity index (χ1v) is 6.09. The normalized spacial score (nSPS) is 11.7. The molecule has 1 N–H and O–H groups in total. The molecular formula is C14H20N2O2. The number of hydrogen-bond donors (Lipinski definition) is 1. The second kappa shape index (κ2) is 6.79. The fourth-order valence-electron chi connectivity index (χ4n) is 1.70. The van der Waals surface area contributed by atoms with E-state index in [2.05, 4.69) is 5.32 Å². The molecule has 98 valence electrons. The molecule has 1 aromatic rings. The maximum absolute atomic E-state index is 12.0. The van der Waals surface area contributed by atoms with Crippen molar-refractivity contribution < 1.29 is 9.59 Å². The highest BCUT2D eigenvalue weighted by atomic mass is 16.2. The summed E-state index contributed by atoms with van der Waals surface area (Å²) in [6.45, 7) is 2.01. The minimum Gasteiger partial charge on any atom is -0.347 e. The lowest BCUT2D eigenvalue weighted by atomic mass is 9.96. The van der Waals surface area contributed by atoms with Crippen LogP contribution in [0.4, 0.5) is 0 Å². The molecule has 0 unspecified atom stereocenters. The van der Waals surface area contributed by atoms with Crippen LogP contribution in [0.1, 0.15) is 24.8 Å². The molecule has 4 heteroatoms. The summed E-state index contributed by atoms with van der Waals surface area (Å²) in [6.07, 6.45) is 0.714. The van der Waals surface area contributed by atoms with Crippen molar-refractivity contribution in [3.05, 3.63) is 35.9 Å². The molecule has 0 aliphatic heterocycles. The van der Waals surface area contributed by atoms with Gasteiger partial charge in [0.05, 0.1) is 12.5 Å². The first kappa shape index (κ1) is 14.2. The Labute approximate surface area is 108 Å². The maximum atomic E-state index is 12.0. The van der Waals surface area contributed by atoms with Crippen molar-refractivity contribution >= 4 is 11.8 Å². The summed E-state index contributed by atoms with van der Waals surface area (Å²) in [6, 6.07) is 9.61. The van der Waals surface area contributed by atoms with Gasteiger partial charge in [-0.3, -0.25) is 9.59 Å². The number of benzene rings is 1. The lowest BCUT2D eigenvalue weighted by Gasteiger charge is -2.16. The first-order valence-electron chi connectivity index (χ1n) is 6.09. The van der Waals surface area contributed by atoms with Gasteiger partial charge in [0.25, 0.3) is 0 Å². The Morgan fingerprint density at radius 3 is 2.33 bits per heavy atom. The van der Waals surface area contributed by atoms with E-state index in [0.717, 1.165) is 5.56 Å². The van der Waals surface area contributed by atoms with E-state index in [1.54, 1.807) is 14.1 Å². The van der Waals surface area contributed by atoms with E-state index >= 15 is 0 Å². The van der Waals surface area contributed by atoms with Gasteiger partial charge in [0.2, 0.25) is 11.8 Å². The van der Waals surface area contributed by atoms with E-state index < -0.39 is 0 Å². The Morgan fingerprint density at radius 1 is 1.22 bits per heavy atom. The molecule has 0 aliphatic rings. The van der Waals surface area contributed by atoms with E-state index in [1.807, 2.05) is 37.3 Å². The number of likely N-dealkylation sites (N-methyl/N-ethyl adjacent to an activating group) is 1. The van der Waals surface area contributed by atoms with E-state index in [-0.39, 0.29) is 24.3 Å². The van der Waals surface area contributed by atoms with Gasteiger partial charge in [-0.2, -0.15) is 0 Å². The van der Waals surface area contributed by atoms with Crippen LogP contribution in [0.5, 0.6) is 0 Å². The van der Waals surface area contributed by atoms with Crippen LogP contribution in [0.15, 0.2) is 30.3 Å². The van der Waals surface area contributed by atoms with Crippen molar-refractivity contribution in [1.29, 1.82) is 0 Å². The predicted octanol–water partition coefficient (Wildman–Crippen LogP) is 1.38. The van der Waals surface area contributed by atoms with E-state index in [9.17, 15) is 9.59 Å². The van der Waals surface area contributed by atoms with Crippen LogP contribution < -0.4 is 5.32 Å². The highest BCUT2D eigenvalue weighted by molar-refractivity contribution is 5.88. The molecule has 0 bridgehead atoms. The van der Waals surface area contributed by atoms with Crippen LogP contribution >= 0.6 is 0 Å². The molecule has 4 nitrogen and oxygen atoms in total. The van der Waals surface area contributed by atoms with Crippen molar-refractivity contribution in [2.24, 2.45) is 0 Å². The second-order valence-corrected chi connectivity index (χ2v) is 4.38. The second-order valence-electron chi connectivity index (χ2n) is 4.38. The standard InChI is InChI=1S/C14H20N2O2/c1-4-12(11-8-6-5-7-9-11)14(18)15-10-13(17)16(2)3/h5-9,12H,4,10H2,1-3H3,(H,15,18)/t12-/m1/s1. The number of carbonyl (C=O) groups is 2. The quantitative estimate of drug-likeness (QED) is 0.856. The van der Waals surface area contributed by atoms with Crippen LogP contribution in [0, 0.1) is 0 Å². The predicted molar refractivity (Wildman–Crippen MR) is 71.2 cm³/mol. The van der Waals surface area contributed by atoms with Crippen LogP contribution in [-0.2, 0) is 9.59 Å². The molecule has 18 heavy (non-hydrogen) atoms. The van der Waals surface area contributed by atoms with Gasteiger partial charge in [0, 0.05) is 14.1 Å². The zero-order valence-electron chi connectivity index (χ0n) is 11.1. The third-order valence-corrected chi connectivity index (χ3v) is 2.84.